The van der Waals surface area contributed by atoms with E-state index in [-0.39, 0.29) is 12.1 Å². The summed E-state index contributed by atoms with van der Waals surface area (Å²) in [6.07, 6.45) is 0.0880. The quantitative estimate of drug-likeness (QED) is 0.894. The number of hydrogen-bond acceptors (Lipinski definition) is 3. The van der Waals surface area contributed by atoms with Crippen LogP contribution in [-0.4, -0.2) is 60.3 Å². The van der Waals surface area contributed by atoms with Crippen LogP contribution in [0.4, 0.5) is 10.5 Å². The van der Waals surface area contributed by atoms with Crippen molar-refractivity contribution < 1.29 is 9.90 Å². The van der Waals surface area contributed by atoms with Crippen molar-refractivity contribution in [2.24, 2.45) is 0 Å². The summed E-state index contributed by atoms with van der Waals surface area (Å²) < 4.78 is 0. The van der Waals surface area contributed by atoms with Gasteiger partial charge in [-0.2, -0.15) is 0 Å². The first kappa shape index (κ1) is 16.4. The zero-order chi connectivity index (χ0) is 15.6. The number of hydrogen-bond donors (Lipinski definition) is 2. The number of likely N-dealkylation sites (tertiary alicyclic amines) is 1. The minimum Gasteiger partial charge on any atom is -0.391 e. The van der Waals surface area contributed by atoms with Crippen LogP contribution in [0.1, 0.15) is 6.42 Å². The first-order chi connectivity index (χ1) is 9.86. The fourth-order valence-electron chi connectivity index (χ4n) is 2.52. The van der Waals surface area contributed by atoms with Crippen LogP contribution in [0.15, 0.2) is 18.2 Å². The first-order valence-corrected chi connectivity index (χ1v) is 7.48. The van der Waals surface area contributed by atoms with E-state index < -0.39 is 6.10 Å². The molecule has 5 nitrogen and oxygen atoms in total. The molecule has 1 aromatic carbocycles. The van der Waals surface area contributed by atoms with Crippen molar-refractivity contribution in [3.05, 3.63) is 28.2 Å². The van der Waals surface area contributed by atoms with Crippen LogP contribution < -0.4 is 5.32 Å². The van der Waals surface area contributed by atoms with Crippen molar-refractivity contribution >= 4 is 34.9 Å². The zero-order valence-corrected chi connectivity index (χ0v) is 13.5. The van der Waals surface area contributed by atoms with Gasteiger partial charge in [-0.05, 0) is 38.7 Å². The highest BCUT2D eigenvalue weighted by Crippen LogP contribution is 2.27. The Morgan fingerprint density at radius 3 is 2.86 bits per heavy atom. The molecule has 0 bridgehead atoms. The Morgan fingerprint density at radius 1 is 1.48 bits per heavy atom. The maximum Gasteiger partial charge on any atom is 0.322 e. The molecule has 1 fully saturated rings. The summed E-state index contributed by atoms with van der Waals surface area (Å²) in [6.45, 7) is 1.02. The fraction of sp³-hybridized carbons (Fsp3) is 0.500. The van der Waals surface area contributed by atoms with Gasteiger partial charge in [-0.3, -0.25) is 0 Å². The third-order valence-corrected chi connectivity index (χ3v) is 3.96. The average Bonchev–Trinajstić information content (AvgIpc) is 2.74. The Morgan fingerprint density at radius 2 is 2.19 bits per heavy atom. The molecule has 2 rings (SSSR count). The van der Waals surface area contributed by atoms with Crippen molar-refractivity contribution in [2.75, 3.05) is 32.5 Å². The van der Waals surface area contributed by atoms with Gasteiger partial charge in [0.05, 0.1) is 16.8 Å². The van der Waals surface area contributed by atoms with Crippen LogP contribution in [0.5, 0.6) is 0 Å². The Labute approximate surface area is 134 Å². The second-order valence-electron chi connectivity index (χ2n) is 5.51. The number of urea groups is 1. The van der Waals surface area contributed by atoms with Crippen molar-refractivity contribution in [3.63, 3.8) is 0 Å². The molecule has 2 atom stereocenters. The van der Waals surface area contributed by atoms with Gasteiger partial charge >= 0.3 is 6.03 Å². The highest BCUT2D eigenvalue weighted by molar-refractivity contribution is 6.35. The highest BCUT2D eigenvalue weighted by Gasteiger charge is 2.34. The molecule has 2 N–H and O–H groups in total. The monoisotopic (exact) mass is 331 g/mol. The molecule has 1 aliphatic heterocycles. The van der Waals surface area contributed by atoms with Gasteiger partial charge in [0.15, 0.2) is 0 Å². The molecule has 1 aliphatic rings. The van der Waals surface area contributed by atoms with Crippen LogP contribution in [-0.2, 0) is 0 Å². The number of aliphatic hydroxyl groups excluding tert-OH is 1. The minimum absolute atomic E-state index is 0.0204. The molecule has 0 aromatic heterocycles. The SMILES string of the molecule is CN(C)CC1CC(O)CN1C(=O)Nc1cc(Cl)ccc1Cl. The number of carbonyl (C=O) groups excluding carboxylic acids is 1. The van der Waals surface area contributed by atoms with Crippen molar-refractivity contribution in [3.8, 4) is 0 Å². The molecule has 21 heavy (non-hydrogen) atoms. The molecule has 0 aliphatic carbocycles. The number of likely N-dealkylation sites (N-methyl/N-ethyl adjacent to an activating group) is 1. The highest BCUT2D eigenvalue weighted by atomic mass is 35.5. The number of aliphatic hydroxyl groups is 1. The molecule has 1 saturated heterocycles. The number of halogens is 2. The Balaban J connectivity index is 2.09. The van der Waals surface area contributed by atoms with E-state index in [0.717, 1.165) is 0 Å². The summed E-state index contributed by atoms with van der Waals surface area (Å²) in [5.74, 6) is 0. The Hall–Kier alpha value is -1.01. The smallest absolute Gasteiger partial charge is 0.322 e. The first-order valence-electron chi connectivity index (χ1n) is 6.72. The molecule has 7 heteroatoms. The zero-order valence-electron chi connectivity index (χ0n) is 12.0. The predicted molar refractivity (Wildman–Crippen MR) is 85.2 cm³/mol. The van der Waals surface area contributed by atoms with E-state index in [1.807, 2.05) is 19.0 Å². The molecular weight excluding hydrogens is 313 g/mol. The lowest BCUT2D eigenvalue weighted by molar-refractivity contribution is 0.174. The van der Waals surface area contributed by atoms with Gasteiger partial charge in [0.1, 0.15) is 0 Å². The second-order valence-corrected chi connectivity index (χ2v) is 6.36. The summed E-state index contributed by atoms with van der Waals surface area (Å²) in [4.78, 5) is 16.0. The number of benzene rings is 1. The molecular formula is C14H19Cl2N3O2. The van der Waals surface area contributed by atoms with E-state index in [9.17, 15) is 9.90 Å². The van der Waals surface area contributed by atoms with Crippen LogP contribution in [0, 0.1) is 0 Å². The largest absolute Gasteiger partial charge is 0.391 e. The lowest BCUT2D eigenvalue weighted by Gasteiger charge is -2.27. The number of amides is 2. The van der Waals surface area contributed by atoms with Gasteiger partial charge < -0.3 is 20.2 Å². The third-order valence-electron chi connectivity index (χ3n) is 3.40. The number of nitrogens with zero attached hydrogens (tertiary/aromatic N) is 2. The van der Waals surface area contributed by atoms with Crippen molar-refractivity contribution in [1.82, 2.24) is 9.80 Å². The summed E-state index contributed by atoms with van der Waals surface area (Å²) in [7, 11) is 3.88. The third kappa shape index (κ3) is 4.23. The Bertz CT molecular complexity index is 525. The van der Waals surface area contributed by atoms with Gasteiger partial charge in [-0.25, -0.2) is 4.79 Å². The Kier molecular flexibility index (Phi) is 5.32. The van der Waals surface area contributed by atoms with E-state index >= 15 is 0 Å². The topological polar surface area (TPSA) is 55.8 Å². The van der Waals surface area contributed by atoms with Crippen molar-refractivity contribution in [2.45, 2.75) is 18.6 Å². The van der Waals surface area contributed by atoms with Crippen LogP contribution >= 0.6 is 23.2 Å². The summed E-state index contributed by atoms with van der Waals surface area (Å²) in [5.41, 5.74) is 0.471. The minimum atomic E-state index is -0.490. The average molecular weight is 332 g/mol. The number of carbonyl (C=O) groups is 1. The van der Waals surface area contributed by atoms with Gasteiger partial charge in [-0.15, -0.1) is 0 Å². The van der Waals surface area contributed by atoms with Gasteiger partial charge in [0.25, 0.3) is 0 Å². The van der Waals surface area contributed by atoms with Gasteiger partial charge in [0.2, 0.25) is 0 Å². The number of nitrogens with one attached hydrogen (secondary N) is 1. The number of rotatable bonds is 3. The molecule has 1 aromatic rings. The molecule has 2 unspecified atom stereocenters. The van der Waals surface area contributed by atoms with Gasteiger partial charge in [-0.1, -0.05) is 23.2 Å². The predicted octanol–water partition coefficient (Wildman–Crippen LogP) is 2.52. The van der Waals surface area contributed by atoms with Gasteiger partial charge in [0, 0.05) is 24.2 Å². The summed E-state index contributed by atoms with van der Waals surface area (Å²) >= 11 is 12.0. The lowest BCUT2D eigenvalue weighted by atomic mass is 10.2. The standard InChI is InChI=1S/C14H19Cl2N3O2/c1-18(2)7-10-6-11(20)8-19(10)14(21)17-13-5-9(15)3-4-12(13)16/h3-5,10-11,20H,6-8H2,1-2H3,(H,17,21). The van der Waals surface area contributed by atoms with Crippen LogP contribution in [0.2, 0.25) is 10.0 Å². The maximum absolute atomic E-state index is 12.4. The molecule has 0 spiro atoms. The normalized spacial score (nSPS) is 21.9. The maximum atomic E-state index is 12.4. The van der Waals surface area contributed by atoms with Crippen molar-refractivity contribution in [1.29, 1.82) is 0 Å². The number of β-amino-alcohol motifs (C(OH)–C–C–N with tert-alkyl or cyclic N) is 1. The van der Waals surface area contributed by atoms with E-state index in [0.29, 0.717) is 35.2 Å². The van der Waals surface area contributed by atoms with E-state index in [1.54, 1.807) is 23.1 Å². The van der Waals surface area contributed by atoms with E-state index in [1.165, 1.54) is 0 Å². The fourth-order valence-corrected chi connectivity index (χ4v) is 2.85. The van der Waals surface area contributed by atoms with E-state index in [2.05, 4.69) is 5.32 Å². The molecule has 0 saturated carbocycles. The molecule has 0 radical (unpaired) electrons. The lowest BCUT2D eigenvalue weighted by Crippen LogP contribution is -2.43. The molecule has 116 valence electrons. The number of anilines is 1. The summed E-state index contributed by atoms with van der Waals surface area (Å²) in [6, 6.07) is 4.61. The molecule has 2 amide bonds. The van der Waals surface area contributed by atoms with Crippen LogP contribution in [0.25, 0.3) is 0 Å². The summed E-state index contributed by atoms with van der Waals surface area (Å²) in [5, 5.41) is 13.5. The van der Waals surface area contributed by atoms with Crippen LogP contribution in [0.3, 0.4) is 0 Å². The molecule has 1 heterocycles. The second kappa shape index (κ2) is 6.83. The van der Waals surface area contributed by atoms with E-state index in [4.69, 9.17) is 23.2 Å².